The quantitative estimate of drug-likeness (QED) is 0.457. The van der Waals surface area contributed by atoms with Gasteiger partial charge in [0.05, 0.1) is 0 Å². The highest BCUT2D eigenvalue weighted by Gasteiger charge is 1.92. The molecule has 1 nitrogen and oxygen atoms in total. The van der Waals surface area contributed by atoms with Crippen molar-refractivity contribution in [3.8, 4) is 0 Å². The van der Waals surface area contributed by atoms with Crippen LogP contribution in [0.3, 0.4) is 0 Å². The van der Waals surface area contributed by atoms with Crippen LogP contribution in [-0.4, -0.2) is 13.1 Å². The van der Waals surface area contributed by atoms with Crippen LogP contribution < -0.4 is 15.9 Å². The van der Waals surface area contributed by atoms with Gasteiger partial charge in [-0.1, -0.05) is 109 Å². The van der Waals surface area contributed by atoms with Crippen molar-refractivity contribution in [1.82, 2.24) is 5.32 Å². The first kappa shape index (κ1) is 20.9. The Morgan fingerprint density at radius 3 is 1.42 bits per heavy atom. The normalized spacial score (nSPS) is 10.1. The Kier molecular flexibility index (Phi) is 13.4. The van der Waals surface area contributed by atoms with E-state index in [1.165, 1.54) is 62.2 Å². The molecule has 0 heterocycles. The molecule has 2 rings (SSSR count). The van der Waals surface area contributed by atoms with Crippen molar-refractivity contribution in [2.24, 2.45) is 0 Å². The van der Waals surface area contributed by atoms with Crippen LogP contribution in [0.2, 0.25) is 0 Å². The summed E-state index contributed by atoms with van der Waals surface area (Å²) in [5, 5.41) is 6.25. The molecule has 0 aromatic heterocycles. The smallest absolute Gasteiger partial charge is 0.00489 e. The van der Waals surface area contributed by atoms with E-state index in [1.807, 2.05) is 0 Å². The summed E-state index contributed by atoms with van der Waals surface area (Å²) >= 11 is 0. The lowest BCUT2D eigenvalue weighted by Gasteiger charge is -2.02. The third-order valence-electron chi connectivity index (χ3n) is 3.75. The molecular weight excluding hydrogens is 309 g/mol. The number of rotatable bonds is 10. The van der Waals surface area contributed by atoms with Crippen molar-refractivity contribution in [3.05, 3.63) is 60.7 Å². The molecule has 0 unspecified atom stereocenters. The number of unbranched alkanes of at least 4 members (excludes halogenated alkanes) is 4. The van der Waals surface area contributed by atoms with Crippen LogP contribution in [0.4, 0.5) is 0 Å². The number of hydrogen-bond acceptors (Lipinski definition) is 1. The maximum Gasteiger partial charge on any atom is -0.00489 e. The zero-order valence-corrected chi connectivity index (χ0v) is 16.4. The molecule has 2 aromatic carbocycles. The summed E-state index contributed by atoms with van der Waals surface area (Å²) in [6.07, 6.45) is 8.11. The van der Waals surface area contributed by atoms with E-state index in [1.54, 1.807) is 0 Å². The molecule has 0 saturated carbocycles. The first-order valence-electron chi connectivity index (χ1n) is 9.44. The largest absolute Gasteiger partial charge is 0.317 e. The van der Waals surface area contributed by atoms with Crippen LogP contribution in [0, 0.1) is 0 Å². The second-order valence-electron chi connectivity index (χ2n) is 6.02. The Morgan fingerprint density at radius 1 is 0.625 bits per heavy atom. The van der Waals surface area contributed by atoms with Gasteiger partial charge in [0, 0.05) is 0 Å². The fourth-order valence-electron chi connectivity index (χ4n) is 2.33. The van der Waals surface area contributed by atoms with E-state index in [0.717, 1.165) is 8.58 Å². The molecule has 0 aliphatic rings. The van der Waals surface area contributed by atoms with E-state index in [0.29, 0.717) is 0 Å². The fraction of sp³-hybridized carbons (Fsp3) is 0.455. The monoisotopic (exact) mass is 343 g/mol. The van der Waals surface area contributed by atoms with Crippen LogP contribution in [-0.2, 0) is 0 Å². The van der Waals surface area contributed by atoms with Gasteiger partial charge in [-0.15, -0.1) is 0 Å². The van der Waals surface area contributed by atoms with Gasteiger partial charge >= 0.3 is 0 Å². The molecule has 132 valence electrons. The Bertz CT molecular complexity index is 438. The second-order valence-corrected chi connectivity index (χ2v) is 7.43. The predicted molar refractivity (Wildman–Crippen MR) is 112 cm³/mol. The van der Waals surface area contributed by atoms with Crippen LogP contribution >= 0.6 is 8.58 Å². The van der Waals surface area contributed by atoms with E-state index in [-0.39, 0.29) is 0 Å². The van der Waals surface area contributed by atoms with Crippen molar-refractivity contribution >= 4 is 19.2 Å². The minimum absolute atomic E-state index is 0.777. The molecule has 0 radical (unpaired) electrons. The average molecular weight is 343 g/mol. The molecule has 0 bridgehead atoms. The molecule has 0 atom stereocenters. The summed E-state index contributed by atoms with van der Waals surface area (Å²) in [6, 6.07) is 21.2. The topological polar surface area (TPSA) is 12.0 Å². The molecule has 2 aromatic rings. The summed E-state index contributed by atoms with van der Waals surface area (Å²) in [4.78, 5) is 0. The lowest BCUT2D eigenvalue weighted by Crippen LogP contribution is -2.16. The molecule has 1 N–H and O–H groups in total. The summed E-state index contributed by atoms with van der Waals surface area (Å²) in [5.74, 6) is 0. The van der Waals surface area contributed by atoms with Crippen LogP contribution in [0.1, 0.15) is 52.4 Å². The van der Waals surface area contributed by atoms with Crippen molar-refractivity contribution in [3.63, 3.8) is 0 Å². The lowest BCUT2D eigenvalue weighted by molar-refractivity contribution is 0.583. The van der Waals surface area contributed by atoms with E-state index in [2.05, 4.69) is 79.8 Å². The van der Waals surface area contributed by atoms with Crippen LogP contribution in [0.5, 0.6) is 0 Å². The van der Waals surface area contributed by atoms with Gasteiger partial charge in [0.15, 0.2) is 0 Å². The van der Waals surface area contributed by atoms with Crippen molar-refractivity contribution in [2.75, 3.05) is 13.1 Å². The highest BCUT2D eigenvalue weighted by molar-refractivity contribution is 7.55. The van der Waals surface area contributed by atoms with Crippen molar-refractivity contribution in [1.29, 1.82) is 0 Å². The fourth-order valence-corrected chi connectivity index (χ4v) is 3.39. The van der Waals surface area contributed by atoms with E-state index in [9.17, 15) is 0 Å². The highest BCUT2D eigenvalue weighted by atomic mass is 31.1. The van der Waals surface area contributed by atoms with Gasteiger partial charge < -0.3 is 5.32 Å². The second kappa shape index (κ2) is 15.4. The first-order chi connectivity index (χ1) is 11.9. The molecule has 0 aliphatic heterocycles. The third kappa shape index (κ3) is 11.4. The van der Waals surface area contributed by atoms with Gasteiger partial charge in [-0.05, 0) is 36.5 Å². The maximum absolute atomic E-state index is 3.46. The Morgan fingerprint density at radius 2 is 1.04 bits per heavy atom. The molecule has 2 heteroatoms. The molecule has 0 amide bonds. The van der Waals surface area contributed by atoms with Crippen molar-refractivity contribution in [2.45, 2.75) is 52.4 Å². The Labute approximate surface area is 151 Å². The lowest BCUT2D eigenvalue weighted by atomic mass is 10.2. The SMILES string of the molecule is CCCCCNCCCCC.c1ccc(Pc2ccccc2)cc1. The molecule has 24 heavy (non-hydrogen) atoms. The van der Waals surface area contributed by atoms with Gasteiger partial charge in [-0.2, -0.15) is 0 Å². The van der Waals surface area contributed by atoms with Crippen LogP contribution in [0.25, 0.3) is 0 Å². The van der Waals surface area contributed by atoms with Gasteiger partial charge in [-0.25, -0.2) is 0 Å². The van der Waals surface area contributed by atoms with E-state index >= 15 is 0 Å². The van der Waals surface area contributed by atoms with Gasteiger partial charge in [-0.3, -0.25) is 0 Å². The minimum atomic E-state index is 0.777. The molecule has 0 fully saturated rings. The van der Waals surface area contributed by atoms with Gasteiger partial charge in [0.25, 0.3) is 0 Å². The number of benzene rings is 2. The molecule has 0 spiro atoms. The number of hydrogen-bond donors (Lipinski definition) is 1. The molecule has 0 aliphatic carbocycles. The highest BCUT2D eigenvalue weighted by Crippen LogP contribution is 2.08. The van der Waals surface area contributed by atoms with Crippen LogP contribution in [0.15, 0.2) is 60.7 Å². The van der Waals surface area contributed by atoms with Crippen molar-refractivity contribution < 1.29 is 0 Å². The predicted octanol–water partition coefficient (Wildman–Crippen LogP) is 5.27. The summed E-state index contributed by atoms with van der Waals surface area (Å²) < 4.78 is 0. The van der Waals surface area contributed by atoms with E-state index < -0.39 is 0 Å². The summed E-state index contributed by atoms with van der Waals surface area (Å²) in [5.41, 5.74) is 0. The third-order valence-corrected chi connectivity index (χ3v) is 4.99. The molecular formula is C22H34NP. The van der Waals surface area contributed by atoms with E-state index in [4.69, 9.17) is 0 Å². The standard InChI is InChI=1S/C12H11P.C10H23N/c1-3-7-11(8-4-1)13-12-9-5-2-6-10-12;1-3-5-7-9-11-10-8-6-4-2/h1-10,13H;11H,3-10H2,1-2H3. The number of nitrogens with one attached hydrogen (secondary N) is 1. The van der Waals surface area contributed by atoms with Gasteiger partial charge in [0.2, 0.25) is 0 Å². The maximum atomic E-state index is 3.46. The summed E-state index contributed by atoms with van der Waals surface area (Å²) in [7, 11) is 0.777. The Hall–Kier alpha value is -1.17. The Balaban J connectivity index is 0.000000245. The zero-order chi connectivity index (χ0) is 17.3. The minimum Gasteiger partial charge on any atom is -0.317 e. The summed E-state index contributed by atoms with van der Waals surface area (Å²) in [6.45, 7) is 6.93. The van der Waals surface area contributed by atoms with Gasteiger partial charge in [0.1, 0.15) is 0 Å². The average Bonchev–Trinajstić information content (AvgIpc) is 2.63. The zero-order valence-electron chi connectivity index (χ0n) is 15.4. The molecule has 0 saturated heterocycles. The first-order valence-corrected chi connectivity index (χ1v) is 10.4.